The van der Waals surface area contributed by atoms with E-state index < -0.39 is 5.60 Å². The van der Waals surface area contributed by atoms with Crippen LogP contribution in [0.4, 0.5) is 0 Å². The molecular weight excluding hydrogens is 192 g/mol. The highest BCUT2D eigenvalue weighted by Crippen LogP contribution is 2.50. The van der Waals surface area contributed by atoms with Crippen LogP contribution in [0.2, 0.25) is 0 Å². The van der Waals surface area contributed by atoms with Gasteiger partial charge in [0.05, 0.1) is 5.60 Å². The second-order valence-electron chi connectivity index (χ2n) is 4.83. The molecule has 0 aromatic carbocycles. The van der Waals surface area contributed by atoms with Crippen LogP contribution in [0.25, 0.3) is 0 Å². The van der Waals surface area contributed by atoms with Gasteiger partial charge in [-0.05, 0) is 48.6 Å². The lowest BCUT2D eigenvalue weighted by Crippen LogP contribution is -2.43. The average Bonchev–Trinajstić information content (AvgIpc) is 2.45. The van der Waals surface area contributed by atoms with Crippen molar-refractivity contribution in [2.45, 2.75) is 39.2 Å². The number of aliphatic hydroxyl groups is 1. The van der Waals surface area contributed by atoms with Crippen molar-refractivity contribution >= 4 is 11.3 Å². The van der Waals surface area contributed by atoms with Crippen LogP contribution in [0.1, 0.15) is 37.1 Å². The summed E-state index contributed by atoms with van der Waals surface area (Å²) in [6, 6.07) is 2.08. The predicted octanol–water partition coefficient (Wildman–Crippen LogP) is 3.31. The normalized spacial score (nSPS) is 31.9. The molecule has 1 aliphatic carbocycles. The molecule has 1 aliphatic rings. The molecule has 2 heteroatoms. The van der Waals surface area contributed by atoms with Crippen LogP contribution < -0.4 is 0 Å². The van der Waals surface area contributed by atoms with Gasteiger partial charge in [-0.25, -0.2) is 0 Å². The Hall–Kier alpha value is -0.340. The van der Waals surface area contributed by atoms with Crippen LogP contribution >= 0.6 is 11.3 Å². The maximum absolute atomic E-state index is 10.4. The SMILES string of the molecule is Cc1sccc1C1(O)CC(C(C)C)C1. The van der Waals surface area contributed by atoms with Crippen molar-refractivity contribution in [3.05, 3.63) is 21.9 Å². The average molecular weight is 210 g/mol. The van der Waals surface area contributed by atoms with Crippen molar-refractivity contribution in [3.8, 4) is 0 Å². The Bertz CT molecular complexity index is 321. The zero-order chi connectivity index (χ0) is 10.3. The molecule has 1 nitrogen and oxygen atoms in total. The van der Waals surface area contributed by atoms with Crippen LogP contribution in [0.3, 0.4) is 0 Å². The predicted molar refractivity (Wildman–Crippen MR) is 60.5 cm³/mol. The van der Waals surface area contributed by atoms with Gasteiger partial charge in [-0.3, -0.25) is 0 Å². The van der Waals surface area contributed by atoms with E-state index in [1.807, 2.05) is 0 Å². The Balaban J connectivity index is 2.11. The molecule has 2 rings (SSSR count). The van der Waals surface area contributed by atoms with Crippen LogP contribution in [0, 0.1) is 18.8 Å². The largest absolute Gasteiger partial charge is 0.385 e. The molecule has 0 spiro atoms. The van der Waals surface area contributed by atoms with E-state index in [2.05, 4.69) is 32.2 Å². The monoisotopic (exact) mass is 210 g/mol. The summed E-state index contributed by atoms with van der Waals surface area (Å²) in [6.07, 6.45) is 1.89. The third kappa shape index (κ3) is 1.51. The van der Waals surface area contributed by atoms with Gasteiger partial charge >= 0.3 is 0 Å². The highest BCUT2D eigenvalue weighted by Gasteiger charge is 2.45. The Morgan fingerprint density at radius 3 is 2.57 bits per heavy atom. The zero-order valence-corrected chi connectivity index (χ0v) is 9.90. The van der Waals surface area contributed by atoms with Gasteiger partial charge in [0.15, 0.2) is 0 Å². The molecule has 1 N–H and O–H groups in total. The molecule has 1 aromatic rings. The van der Waals surface area contributed by atoms with Crippen molar-refractivity contribution in [2.24, 2.45) is 11.8 Å². The van der Waals surface area contributed by atoms with Crippen molar-refractivity contribution in [2.75, 3.05) is 0 Å². The standard InChI is InChI=1S/C12H18OS/c1-8(2)10-6-12(13,7-10)11-4-5-14-9(11)3/h4-5,8,10,13H,6-7H2,1-3H3. The first-order valence-corrected chi connectivity index (χ1v) is 6.18. The first-order chi connectivity index (χ1) is 6.53. The molecular formula is C12H18OS. The van der Waals surface area contributed by atoms with Crippen LogP contribution in [0.5, 0.6) is 0 Å². The lowest BCUT2D eigenvalue weighted by molar-refractivity contribution is -0.0934. The third-order valence-electron chi connectivity index (χ3n) is 3.50. The Labute approximate surface area is 89.8 Å². The Morgan fingerprint density at radius 2 is 2.14 bits per heavy atom. The summed E-state index contributed by atoms with van der Waals surface area (Å²) in [5.41, 5.74) is 0.665. The fraction of sp³-hybridized carbons (Fsp3) is 0.667. The summed E-state index contributed by atoms with van der Waals surface area (Å²) in [5.74, 6) is 1.41. The van der Waals surface area contributed by atoms with E-state index in [4.69, 9.17) is 0 Å². The van der Waals surface area contributed by atoms with Crippen LogP contribution in [0.15, 0.2) is 11.4 Å². The minimum Gasteiger partial charge on any atom is -0.385 e. The summed E-state index contributed by atoms with van der Waals surface area (Å²) < 4.78 is 0. The molecule has 1 heterocycles. The third-order valence-corrected chi connectivity index (χ3v) is 4.35. The summed E-state index contributed by atoms with van der Waals surface area (Å²) >= 11 is 1.73. The fourth-order valence-electron chi connectivity index (χ4n) is 2.37. The topological polar surface area (TPSA) is 20.2 Å². The van der Waals surface area contributed by atoms with Gasteiger partial charge in [-0.15, -0.1) is 11.3 Å². The summed E-state index contributed by atoms with van der Waals surface area (Å²) in [7, 11) is 0. The number of hydrogen-bond acceptors (Lipinski definition) is 2. The molecule has 0 saturated heterocycles. The van der Waals surface area contributed by atoms with Crippen molar-refractivity contribution in [1.82, 2.24) is 0 Å². The van der Waals surface area contributed by atoms with Gasteiger partial charge in [0, 0.05) is 4.88 Å². The van der Waals surface area contributed by atoms with Gasteiger partial charge < -0.3 is 5.11 Å². The van der Waals surface area contributed by atoms with Crippen LogP contribution in [-0.4, -0.2) is 5.11 Å². The molecule has 1 fully saturated rings. The van der Waals surface area contributed by atoms with E-state index in [0.29, 0.717) is 11.8 Å². The zero-order valence-electron chi connectivity index (χ0n) is 9.08. The van der Waals surface area contributed by atoms with E-state index in [9.17, 15) is 5.11 Å². The van der Waals surface area contributed by atoms with E-state index in [1.54, 1.807) is 11.3 Å². The number of hydrogen-bond donors (Lipinski definition) is 1. The molecule has 0 unspecified atom stereocenters. The van der Waals surface area contributed by atoms with Crippen molar-refractivity contribution in [3.63, 3.8) is 0 Å². The first kappa shape index (κ1) is 10.2. The highest BCUT2D eigenvalue weighted by atomic mass is 32.1. The Morgan fingerprint density at radius 1 is 1.50 bits per heavy atom. The molecule has 0 bridgehead atoms. The fourth-order valence-corrected chi connectivity index (χ4v) is 3.16. The van der Waals surface area contributed by atoms with Gasteiger partial charge in [-0.1, -0.05) is 13.8 Å². The highest BCUT2D eigenvalue weighted by molar-refractivity contribution is 7.10. The van der Waals surface area contributed by atoms with E-state index in [0.717, 1.165) is 12.8 Å². The minimum atomic E-state index is -0.501. The molecule has 1 saturated carbocycles. The van der Waals surface area contributed by atoms with Crippen molar-refractivity contribution < 1.29 is 5.11 Å². The molecule has 0 aliphatic heterocycles. The lowest BCUT2D eigenvalue weighted by Gasteiger charge is -2.46. The molecule has 0 radical (unpaired) electrons. The number of aryl methyl sites for hydroxylation is 1. The second-order valence-corrected chi connectivity index (χ2v) is 5.95. The second kappa shape index (κ2) is 3.35. The quantitative estimate of drug-likeness (QED) is 0.794. The van der Waals surface area contributed by atoms with Gasteiger partial charge in [0.2, 0.25) is 0 Å². The number of rotatable bonds is 2. The Kier molecular flexibility index (Phi) is 2.44. The minimum absolute atomic E-state index is 0.501. The summed E-state index contributed by atoms with van der Waals surface area (Å²) in [5, 5.41) is 12.5. The maximum atomic E-state index is 10.4. The van der Waals surface area contributed by atoms with E-state index >= 15 is 0 Å². The summed E-state index contributed by atoms with van der Waals surface area (Å²) in [4.78, 5) is 1.27. The first-order valence-electron chi connectivity index (χ1n) is 5.30. The lowest BCUT2D eigenvalue weighted by atomic mass is 9.63. The van der Waals surface area contributed by atoms with Gasteiger partial charge in [0.25, 0.3) is 0 Å². The molecule has 0 atom stereocenters. The number of thiophene rings is 1. The van der Waals surface area contributed by atoms with Crippen molar-refractivity contribution in [1.29, 1.82) is 0 Å². The van der Waals surface area contributed by atoms with E-state index in [1.165, 1.54) is 10.4 Å². The molecule has 1 aromatic heterocycles. The van der Waals surface area contributed by atoms with Gasteiger partial charge in [-0.2, -0.15) is 0 Å². The van der Waals surface area contributed by atoms with Gasteiger partial charge in [0.1, 0.15) is 0 Å². The van der Waals surface area contributed by atoms with Crippen LogP contribution in [-0.2, 0) is 5.60 Å². The maximum Gasteiger partial charge on any atom is 0.0912 e. The molecule has 14 heavy (non-hydrogen) atoms. The summed E-state index contributed by atoms with van der Waals surface area (Å²) in [6.45, 7) is 6.58. The smallest absolute Gasteiger partial charge is 0.0912 e. The van der Waals surface area contributed by atoms with E-state index in [-0.39, 0.29) is 0 Å². The molecule has 78 valence electrons. The molecule has 0 amide bonds.